The van der Waals surface area contributed by atoms with Crippen LogP contribution in [0.1, 0.15) is 25.7 Å². The van der Waals surface area contributed by atoms with Crippen LogP contribution in [0.3, 0.4) is 0 Å². The van der Waals surface area contributed by atoms with Gasteiger partial charge in [-0.3, -0.25) is 4.79 Å². The topological polar surface area (TPSA) is 29.5 Å². The lowest BCUT2D eigenvalue weighted by atomic mass is 9.85. The number of rotatable bonds is 6. The Morgan fingerprint density at radius 3 is 2.78 bits per heavy atom. The van der Waals surface area contributed by atoms with Gasteiger partial charge in [0.05, 0.1) is 6.61 Å². The molecule has 0 heterocycles. The molecule has 0 aromatic heterocycles. The lowest BCUT2D eigenvalue weighted by Gasteiger charge is -2.32. The second kappa shape index (κ2) is 7.24. The van der Waals surface area contributed by atoms with Gasteiger partial charge < -0.3 is 9.64 Å². The second-order valence-corrected chi connectivity index (χ2v) is 5.03. The Balaban J connectivity index is 2.58. The van der Waals surface area contributed by atoms with Crippen LogP contribution in [0.15, 0.2) is 0 Å². The molecule has 1 fully saturated rings. The first-order valence-electron chi connectivity index (χ1n) is 6.21. The number of halogens is 3. The molecule has 1 saturated carbocycles. The van der Waals surface area contributed by atoms with Crippen molar-refractivity contribution in [2.45, 2.75) is 31.6 Å². The number of nitrogens with zero attached hydrogens (tertiary/aromatic N) is 1. The Morgan fingerprint density at radius 2 is 2.22 bits per heavy atom. The minimum atomic E-state index is -2.70. The zero-order valence-corrected chi connectivity index (χ0v) is 11.4. The summed E-state index contributed by atoms with van der Waals surface area (Å²) in [5.41, 5.74) is 0. The smallest absolute Gasteiger partial charge is 0.248 e. The number of carbonyl (C=O) groups is 1. The highest BCUT2D eigenvalue weighted by Crippen LogP contribution is 2.37. The van der Waals surface area contributed by atoms with Crippen molar-refractivity contribution < 1.29 is 18.3 Å². The molecule has 3 nitrogen and oxygen atoms in total. The molecule has 1 aliphatic rings. The zero-order chi connectivity index (χ0) is 13.6. The summed E-state index contributed by atoms with van der Waals surface area (Å²) in [5, 5.41) is 0. The monoisotopic (exact) mass is 283 g/mol. The molecule has 0 saturated heterocycles. The summed E-state index contributed by atoms with van der Waals surface area (Å²) in [6.07, 6.45) is 0.505. The fourth-order valence-electron chi connectivity index (χ4n) is 2.28. The molecular weight excluding hydrogens is 264 g/mol. The standard InChI is InChI=1S/C12H20ClF2NO2/c1-18-8-7-16(6-5-13)11(17)10-3-2-4-12(14,15)9-10/h10H,2-9H2,1H3. The van der Waals surface area contributed by atoms with Crippen molar-refractivity contribution in [3.63, 3.8) is 0 Å². The fraction of sp³-hybridized carbons (Fsp3) is 0.917. The van der Waals surface area contributed by atoms with E-state index in [9.17, 15) is 13.6 Å². The van der Waals surface area contributed by atoms with E-state index in [0.29, 0.717) is 38.4 Å². The van der Waals surface area contributed by atoms with Gasteiger partial charge >= 0.3 is 0 Å². The third-order valence-electron chi connectivity index (χ3n) is 3.22. The first kappa shape index (κ1) is 15.6. The maximum Gasteiger partial charge on any atom is 0.248 e. The third kappa shape index (κ3) is 4.69. The highest BCUT2D eigenvalue weighted by molar-refractivity contribution is 6.18. The molecule has 1 atom stereocenters. The molecule has 0 aromatic carbocycles. The van der Waals surface area contributed by atoms with Crippen LogP contribution < -0.4 is 0 Å². The van der Waals surface area contributed by atoms with E-state index in [-0.39, 0.29) is 18.7 Å². The van der Waals surface area contributed by atoms with E-state index in [1.54, 1.807) is 0 Å². The Labute approximate surface area is 111 Å². The molecule has 18 heavy (non-hydrogen) atoms. The molecule has 0 N–H and O–H groups in total. The number of carbonyl (C=O) groups excluding carboxylic acids is 1. The Hall–Kier alpha value is -0.420. The second-order valence-electron chi connectivity index (χ2n) is 4.66. The van der Waals surface area contributed by atoms with Crippen molar-refractivity contribution in [2.24, 2.45) is 5.92 Å². The predicted molar refractivity (Wildman–Crippen MR) is 66.1 cm³/mol. The summed E-state index contributed by atoms with van der Waals surface area (Å²) in [4.78, 5) is 13.7. The fourth-order valence-corrected chi connectivity index (χ4v) is 2.48. The van der Waals surface area contributed by atoms with Crippen LogP contribution in [0.4, 0.5) is 8.78 Å². The van der Waals surface area contributed by atoms with Gasteiger partial charge in [0.2, 0.25) is 11.8 Å². The van der Waals surface area contributed by atoms with Gasteiger partial charge in [0.15, 0.2) is 0 Å². The van der Waals surface area contributed by atoms with Crippen LogP contribution in [-0.2, 0) is 9.53 Å². The predicted octanol–water partition coefficient (Wildman–Crippen LogP) is 2.53. The van der Waals surface area contributed by atoms with Crippen molar-refractivity contribution in [1.29, 1.82) is 0 Å². The van der Waals surface area contributed by atoms with Gasteiger partial charge in [-0.05, 0) is 12.8 Å². The summed E-state index contributed by atoms with van der Waals surface area (Å²) >= 11 is 5.63. The molecule has 1 rings (SSSR count). The van der Waals surface area contributed by atoms with Crippen molar-refractivity contribution in [2.75, 3.05) is 32.7 Å². The van der Waals surface area contributed by atoms with Crippen LogP contribution in [0, 0.1) is 5.92 Å². The maximum absolute atomic E-state index is 13.3. The third-order valence-corrected chi connectivity index (χ3v) is 3.39. The minimum absolute atomic E-state index is 0.107. The number of methoxy groups -OCH3 is 1. The molecule has 0 aliphatic heterocycles. The molecule has 106 valence electrons. The molecule has 1 unspecified atom stereocenters. The van der Waals surface area contributed by atoms with Crippen molar-refractivity contribution in [3.8, 4) is 0 Å². The van der Waals surface area contributed by atoms with Crippen LogP contribution in [0.2, 0.25) is 0 Å². The molecule has 0 aromatic rings. The summed E-state index contributed by atoms with van der Waals surface area (Å²) < 4.78 is 31.5. The first-order chi connectivity index (χ1) is 8.50. The summed E-state index contributed by atoms with van der Waals surface area (Å²) in [5.74, 6) is -3.19. The lowest BCUT2D eigenvalue weighted by molar-refractivity contribution is -0.143. The molecular formula is C12H20ClF2NO2. The molecule has 1 amide bonds. The largest absolute Gasteiger partial charge is 0.383 e. The first-order valence-corrected chi connectivity index (χ1v) is 6.75. The van der Waals surface area contributed by atoms with Crippen molar-refractivity contribution in [1.82, 2.24) is 4.90 Å². The Kier molecular flexibility index (Phi) is 6.29. The van der Waals surface area contributed by atoms with Gasteiger partial charge in [0.1, 0.15) is 0 Å². The molecule has 6 heteroatoms. The number of alkyl halides is 3. The highest BCUT2D eigenvalue weighted by atomic mass is 35.5. The quantitative estimate of drug-likeness (QED) is 0.701. The Bertz CT molecular complexity index is 277. The van der Waals surface area contributed by atoms with E-state index in [2.05, 4.69) is 0 Å². The van der Waals surface area contributed by atoms with Crippen molar-refractivity contribution in [3.05, 3.63) is 0 Å². The van der Waals surface area contributed by atoms with Gasteiger partial charge in [-0.25, -0.2) is 8.78 Å². The van der Waals surface area contributed by atoms with Gasteiger partial charge in [-0.15, -0.1) is 11.6 Å². The number of hydrogen-bond acceptors (Lipinski definition) is 2. The van der Waals surface area contributed by atoms with Gasteiger partial charge in [0.25, 0.3) is 0 Å². The van der Waals surface area contributed by atoms with E-state index in [0.717, 1.165) is 0 Å². The minimum Gasteiger partial charge on any atom is -0.383 e. The molecule has 0 bridgehead atoms. The van der Waals surface area contributed by atoms with E-state index in [1.165, 1.54) is 12.0 Å². The number of amides is 1. The van der Waals surface area contributed by atoms with E-state index in [1.807, 2.05) is 0 Å². The average Bonchev–Trinajstić information content (AvgIpc) is 2.32. The SMILES string of the molecule is COCCN(CCCl)C(=O)C1CCCC(F)(F)C1. The van der Waals surface area contributed by atoms with E-state index < -0.39 is 11.8 Å². The highest BCUT2D eigenvalue weighted by Gasteiger charge is 2.40. The van der Waals surface area contributed by atoms with Gasteiger partial charge in [-0.2, -0.15) is 0 Å². The van der Waals surface area contributed by atoms with Crippen LogP contribution in [-0.4, -0.2) is 49.4 Å². The van der Waals surface area contributed by atoms with E-state index >= 15 is 0 Å². The van der Waals surface area contributed by atoms with Gasteiger partial charge in [0, 0.05) is 44.8 Å². The Morgan fingerprint density at radius 1 is 1.50 bits per heavy atom. The summed E-state index contributed by atoms with van der Waals surface area (Å²) in [7, 11) is 1.54. The normalized spacial score (nSPS) is 22.8. The van der Waals surface area contributed by atoms with Crippen molar-refractivity contribution >= 4 is 17.5 Å². The van der Waals surface area contributed by atoms with Crippen LogP contribution >= 0.6 is 11.6 Å². The van der Waals surface area contributed by atoms with Crippen LogP contribution in [0.25, 0.3) is 0 Å². The van der Waals surface area contributed by atoms with E-state index in [4.69, 9.17) is 16.3 Å². The number of hydrogen-bond donors (Lipinski definition) is 0. The molecule has 0 radical (unpaired) electrons. The summed E-state index contributed by atoms with van der Waals surface area (Å²) in [6, 6.07) is 0. The lowest BCUT2D eigenvalue weighted by Crippen LogP contribution is -2.42. The average molecular weight is 284 g/mol. The summed E-state index contributed by atoms with van der Waals surface area (Å²) in [6.45, 7) is 1.18. The zero-order valence-electron chi connectivity index (χ0n) is 10.6. The maximum atomic E-state index is 13.3. The molecule has 1 aliphatic carbocycles. The number of ether oxygens (including phenoxy) is 1. The van der Waals surface area contributed by atoms with Gasteiger partial charge in [-0.1, -0.05) is 0 Å². The van der Waals surface area contributed by atoms with Crippen LogP contribution in [0.5, 0.6) is 0 Å². The molecule has 0 spiro atoms.